The Kier molecular flexibility index (Phi) is 3.06. The first kappa shape index (κ1) is 12.9. The van der Waals surface area contributed by atoms with Crippen molar-refractivity contribution < 1.29 is 13.2 Å². The van der Waals surface area contributed by atoms with Crippen LogP contribution in [0.5, 0.6) is 0 Å². The summed E-state index contributed by atoms with van der Waals surface area (Å²) < 4.78 is 25.5. The summed E-state index contributed by atoms with van der Waals surface area (Å²) in [6.07, 6.45) is 0.595. The van der Waals surface area contributed by atoms with Gasteiger partial charge in [0.1, 0.15) is 4.90 Å². The van der Waals surface area contributed by atoms with Crippen molar-refractivity contribution in [2.24, 2.45) is 0 Å². The molecule has 98 valence electrons. The third-order valence-corrected chi connectivity index (χ3v) is 5.18. The molecule has 0 radical (unpaired) electrons. The van der Waals surface area contributed by atoms with Crippen molar-refractivity contribution in [2.75, 3.05) is 12.4 Å². The van der Waals surface area contributed by atoms with Crippen molar-refractivity contribution in [3.8, 4) is 0 Å². The highest BCUT2D eigenvalue weighted by Crippen LogP contribution is 2.34. The highest BCUT2D eigenvalue weighted by Gasteiger charge is 2.43. The van der Waals surface area contributed by atoms with Gasteiger partial charge < -0.3 is 5.32 Å². The van der Waals surface area contributed by atoms with Gasteiger partial charge in [0.25, 0.3) is 15.9 Å². The summed E-state index contributed by atoms with van der Waals surface area (Å²) in [5, 5.41) is 2.90. The number of sulfonamides is 1. The molecule has 0 saturated heterocycles. The number of amides is 1. The van der Waals surface area contributed by atoms with Crippen LogP contribution in [0.25, 0.3) is 0 Å². The zero-order valence-electron chi connectivity index (χ0n) is 10.6. The predicted molar refractivity (Wildman–Crippen MR) is 69.1 cm³/mol. The van der Waals surface area contributed by atoms with E-state index in [2.05, 4.69) is 5.32 Å². The fourth-order valence-electron chi connectivity index (χ4n) is 2.01. The minimum absolute atomic E-state index is 0.104. The van der Waals surface area contributed by atoms with Gasteiger partial charge in [-0.2, -0.15) is 0 Å². The van der Waals surface area contributed by atoms with E-state index in [4.69, 9.17) is 0 Å². The van der Waals surface area contributed by atoms with Gasteiger partial charge in [-0.05, 0) is 31.5 Å². The van der Waals surface area contributed by atoms with Crippen LogP contribution in [0.3, 0.4) is 0 Å². The standard InChI is InChI=1S/C12H16N2O3S/c1-4-8(2)14-12(15)10-7-9(13-3)5-6-11(10)18(14,16)17/h5-8,13H,4H2,1-3H3. The molecule has 1 amide bonds. The van der Waals surface area contributed by atoms with E-state index in [9.17, 15) is 13.2 Å². The Bertz CT molecular complexity index is 595. The molecule has 1 N–H and O–H groups in total. The molecule has 2 rings (SSSR count). The van der Waals surface area contributed by atoms with Gasteiger partial charge in [-0.1, -0.05) is 6.92 Å². The first-order chi connectivity index (χ1) is 8.43. The Hall–Kier alpha value is -1.56. The lowest BCUT2D eigenvalue weighted by Crippen LogP contribution is -2.37. The Morgan fingerprint density at radius 1 is 1.39 bits per heavy atom. The molecule has 0 saturated carbocycles. The second-order valence-electron chi connectivity index (χ2n) is 4.32. The lowest BCUT2D eigenvalue weighted by molar-refractivity contribution is 0.0838. The van der Waals surface area contributed by atoms with Gasteiger partial charge in [0, 0.05) is 18.8 Å². The van der Waals surface area contributed by atoms with Crippen LogP contribution in [0.1, 0.15) is 30.6 Å². The van der Waals surface area contributed by atoms with Crippen LogP contribution in [-0.2, 0) is 10.0 Å². The van der Waals surface area contributed by atoms with E-state index >= 15 is 0 Å². The fraction of sp³-hybridized carbons (Fsp3) is 0.417. The lowest BCUT2D eigenvalue weighted by atomic mass is 10.1. The first-order valence-electron chi connectivity index (χ1n) is 5.84. The van der Waals surface area contributed by atoms with Crippen LogP contribution in [0.2, 0.25) is 0 Å². The number of anilines is 1. The minimum Gasteiger partial charge on any atom is -0.388 e. The number of nitrogens with one attached hydrogen (secondary N) is 1. The van der Waals surface area contributed by atoms with Gasteiger partial charge in [0.15, 0.2) is 0 Å². The molecule has 0 aliphatic carbocycles. The molecule has 5 nitrogen and oxygen atoms in total. The predicted octanol–water partition coefficient (Wildman–Crippen LogP) is 1.67. The van der Waals surface area contributed by atoms with E-state index in [-0.39, 0.29) is 16.5 Å². The zero-order valence-corrected chi connectivity index (χ0v) is 11.4. The second kappa shape index (κ2) is 4.28. The van der Waals surface area contributed by atoms with Crippen molar-refractivity contribution in [3.05, 3.63) is 23.8 Å². The number of fused-ring (bicyclic) bond motifs is 1. The molecular weight excluding hydrogens is 252 g/mol. The SMILES string of the molecule is CCC(C)N1C(=O)c2cc(NC)ccc2S1(=O)=O. The number of carbonyl (C=O) groups excluding carboxylic acids is 1. The van der Waals surface area contributed by atoms with Crippen LogP contribution in [0.4, 0.5) is 5.69 Å². The average molecular weight is 268 g/mol. The largest absolute Gasteiger partial charge is 0.388 e. The zero-order chi connectivity index (χ0) is 13.5. The van der Waals surface area contributed by atoms with E-state index in [0.717, 1.165) is 9.99 Å². The van der Waals surface area contributed by atoms with Gasteiger partial charge >= 0.3 is 0 Å². The molecular formula is C12H16N2O3S. The third-order valence-electron chi connectivity index (χ3n) is 3.23. The van der Waals surface area contributed by atoms with Gasteiger partial charge in [-0.25, -0.2) is 12.7 Å². The summed E-state index contributed by atoms with van der Waals surface area (Å²) in [5.74, 6) is -0.434. The van der Waals surface area contributed by atoms with Crippen molar-refractivity contribution >= 4 is 21.6 Å². The minimum atomic E-state index is -3.68. The topological polar surface area (TPSA) is 66.5 Å². The average Bonchev–Trinajstić information content (AvgIpc) is 2.56. The summed E-state index contributed by atoms with van der Waals surface area (Å²) in [6, 6.07) is 4.39. The lowest BCUT2D eigenvalue weighted by Gasteiger charge is -2.21. The molecule has 1 aromatic rings. The number of benzene rings is 1. The monoisotopic (exact) mass is 268 g/mol. The summed E-state index contributed by atoms with van der Waals surface area (Å²) in [6.45, 7) is 3.59. The van der Waals surface area contributed by atoms with E-state index in [1.54, 1.807) is 26.1 Å². The summed E-state index contributed by atoms with van der Waals surface area (Å²) in [5.41, 5.74) is 0.977. The fourth-order valence-corrected chi connectivity index (χ4v) is 3.83. The van der Waals surface area contributed by atoms with E-state index in [1.807, 2.05) is 6.92 Å². The highest BCUT2D eigenvalue weighted by molar-refractivity contribution is 7.90. The Balaban J connectivity index is 2.61. The van der Waals surface area contributed by atoms with Crippen LogP contribution in [0.15, 0.2) is 23.1 Å². The van der Waals surface area contributed by atoms with Crippen molar-refractivity contribution in [1.82, 2.24) is 4.31 Å². The molecule has 18 heavy (non-hydrogen) atoms. The van der Waals surface area contributed by atoms with Crippen molar-refractivity contribution in [1.29, 1.82) is 0 Å². The Morgan fingerprint density at radius 3 is 2.61 bits per heavy atom. The summed E-state index contributed by atoms with van der Waals surface area (Å²) in [4.78, 5) is 12.3. The first-order valence-corrected chi connectivity index (χ1v) is 7.28. The Labute approximate surface area is 107 Å². The van der Waals surface area contributed by atoms with E-state index < -0.39 is 15.9 Å². The molecule has 1 atom stereocenters. The molecule has 0 fully saturated rings. The van der Waals surface area contributed by atoms with Crippen molar-refractivity contribution in [3.63, 3.8) is 0 Å². The molecule has 0 bridgehead atoms. The molecule has 0 spiro atoms. The van der Waals surface area contributed by atoms with Gasteiger partial charge in [-0.15, -0.1) is 0 Å². The smallest absolute Gasteiger partial charge is 0.269 e. The molecule has 0 aromatic heterocycles. The van der Waals surface area contributed by atoms with Gasteiger partial charge in [-0.3, -0.25) is 4.79 Å². The molecule has 1 unspecified atom stereocenters. The second-order valence-corrected chi connectivity index (χ2v) is 6.11. The van der Waals surface area contributed by atoms with Gasteiger partial charge in [0.05, 0.1) is 5.56 Å². The maximum Gasteiger partial charge on any atom is 0.269 e. The van der Waals surface area contributed by atoms with Crippen LogP contribution in [-0.4, -0.2) is 31.7 Å². The van der Waals surface area contributed by atoms with E-state index in [0.29, 0.717) is 6.42 Å². The summed E-state index contributed by atoms with van der Waals surface area (Å²) in [7, 11) is -1.95. The molecule has 1 aliphatic rings. The summed E-state index contributed by atoms with van der Waals surface area (Å²) >= 11 is 0. The van der Waals surface area contributed by atoms with Crippen LogP contribution >= 0.6 is 0 Å². The number of nitrogens with zero attached hydrogens (tertiary/aromatic N) is 1. The molecule has 1 aliphatic heterocycles. The van der Waals surface area contributed by atoms with Crippen LogP contribution in [0, 0.1) is 0 Å². The number of hydrogen-bond acceptors (Lipinski definition) is 4. The van der Waals surface area contributed by atoms with E-state index in [1.165, 1.54) is 6.07 Å². The highest BCUT2D eigenvalue weighted by atomic mass is 32.2. The maximum atomic E-state index is 12.3. The van der Waals surface area contributed by atoms with Crippen LogP contribution < -0.4 is 5.32 Å². The maximum absolute atomic E-state index is 12.3. The van der Waals surface area contributed by atoms with Gasteiger partial charge in [0.2, 0.25) is 0 Å². The third kappa shape index (κ3) is 1.68. The molecule has 1 aromatic carbocycles. The number of carbonyl (C=O) groups is 1. The molecule has 1 heterocycles. The normalized spacial score (nSPS) is 18.6. The molecule has 6 heteroatoms. The Morgan fingerprint density at radius 2 is 2.06 bits per heavy atom. The number of rotatable bonds is 3. The number of hydrogen-bond donors (Lipinski definition) is 1. The quantitative estimate of drug-likeness (QED) is 0.905. The van der Waals surface area contributed by atoms with Crippen molar-refractivity contribution in [2.45, 2.75) is 31.2 Å².